The fourth-order valence-electron chi connectivity index (χ4n) is 2.98. The van der Waals surface area contributed by atoms with Crippen molar-refractivity contribution in [1.29, 1.82) is 0 Å². The van der Waals surface area contributed by atoms with Gasteiger partial charge >= 0.3 is 0 Å². The summed E-state index contributed by atoms with van der Waals surface area (Å²) in [6, 6.07) is 22.4. The Bertz CT molecular complexity index is 1120. The van der Waals surface area contributed by atoms with Crippen LogP contribution >= 0.6 is 0 Å². The number of carbonyl (C=O) groups is 1. The SMILES string of the molecule is COc1ccc(C(CC(=O)Nc2ccccc2Oc2ccccc2)NS(C)(=O)=O)cc1. The number of benzene rings is 3. The average molecular weight is 441 g/mol. The molecule has 3 rings (SSSR count). The minimum Gasteiger partial charge on any atom is -0.497 e. The zero-order chi connectivity index (χ0) is 22.3. The molecule has 1 atom stereocenters. The molecule has 7 nitrogen and oxygen atoms in total. The summed E-state index contributed by atoms with van der Waals surface area (Å²) in [6.07, 6.45) is 0.962. The molecule has 2 N–H and O–H groups in total. The predicted molar refractivity (Wildman–Crippen MR) is 120 cm³/mol. The van der Waals surface area contributed by atoms with E-state index in [9.17, 15) is 13.2 Å². The normalized spacial score (nSPS) is 12.1. The van der Waals surface area contributed by atoms with E-state index in [4.69, 9.17) is 9.47 Å². The quantitative estimate of drug-likeness (QED) is 0.522. The van der Waals surface area contributed by atoms with E-state index in [1.165, 1.54) is 0 Å². The second-order valence-corrected chi connectivity index (χ2v) is 8.66. The molecule has 0 heterocycles. The Hall–Kier alpha value is -3.36. The summed E-state index contributed by atoms with van der Waals surface area (Å²) in [5, 5.41) is 2.82. The Morgan fingerprint density at radius 2 is 1.55 bits per heavy atom. The molecule has 0 aliphatic heterocycles. The highest BCUT2D eigenvalue weighted by Crippen LogP contribution is 2.30. The molecule has 1 amide bonds. The van der Waals surface area contributed by atoms with Crippen molar-refractivity contribution in [2.45, 2.75) is 12.5 Å². The molecule has 0 bridgehead atoms. The Kier molecular flexibility index (Phi) is 7.28. The van der Waals surface area contributed by atoms with Gasteiger partial charge in [-0.25, -0.2) is 13.1 Å². The predicted octanol–water partition coefficient (Wildman–Crippen LogP) is 4.11. The van der Waals surface area contributed by atoms with Gasteiger partial charge in [-0.3, -0.25) is 4.79 Å². The van der Waals surface area contributed by atoms with Crippen LogP contribution in [0.25, 0.3) is 0 Å². The zero-order valence-corrected chi connectivity index (χ0v) is 18.1. The number of nitrogens with one attached hydrogen (secondary N) is 2. The minimum atomic E-state index is -3.54. The standard InChI is InChI=1S/C23H24N2O5S/c1-29-18-14-12-17(13-15-18)21(25-31(2,27)28)16-23(26)24-20-10-6-7-11-22(20)30-19-8-4-3-5-9-19/h3-15,21,25H,16H2,1-2H3,(H,24,26). The summed E-state index contributed by atoms with van der Waals surface area (Å²) in [5.41, 5.74) is 1.14. The molecule has 0 aliphatic rings. The van der Waals surface area contributed by atoms with E-state index in [-0.39, 0.29) is 12.3 Å². The van der Waals surface area contributed by atoms with Crippen molar-refractivity contribution in [2.24, 2.45) is 0 Å². The van der Waals surface area contributed by atoms with Crippen LogP contribution < -0.4 is 19.5 Å². The maximum absolute atomic E-state index is 12.8. The monoisotopic (exact) mass is 440 g/mol. The van der Waals surface area contributed by atoms with E-state index >= 15 is 0 Å². The molecule has 0 spiro atoms. The molecule has 0 radical (unpaired) electrons. The smallest absolute Gasteiger partial charge is 0.226 e. The van der Waals surface area contributed by atoms with Crippen LogP contribution in [-0.4, -0.2) is 27.7 Å². The molecule has 3 aromatic carbocycles. The van der Waals surface area contributed by atoms with Crippen molar-refractivity contribution >= 4 is 21.6 Å². The Morgan fingerprint density at radius 1 is 0.903 bits per heavy atom. The highest BCUT2D eigenvalue weighted by Gasteiger charge is 2.21. The van der Waals surface area contributed by atoms with E-state index < -0.39 is 16.1 Å². The van der Waals surface area contributed by atoms with Crippen molar-refractivity contribution in [2.75, 3.05) is 18.7 Å². The van der Waals surface area contributed by atoms with Gasteiger partial charge in [-0.2, -0.15) is 0 Å². The van der Waals surface area contributed by atoms with E-state index in [0.29, 0.717) is 28.5 Å². The third-order valence-electron chi connectivity index (χ3n) is 4.40. The van der Waals surface area contributed by atoms with Crippen LogP contribution in [0.4, 0.5) is 5.69 Å². The average Bonchev–Trinajstić information content (AvgIpc) is 2.74. The van der Waals surface area contributed by atoms with Crippen molar-refractivity contribution in [3.8, 4) is 17.2 Å². The van der Waals surface area contributed by atoms with Crippen molar-refractivity contribution in [3.05, 3.63) is 84.4 Å². The number of amides is 1. The van der Waals surface area contributed by atoms with Gasteiger partial charge in [-0.05, 0) is 42.0 Å². The summed E-state index contributed by atoms with van der Waals surface area (Å²) < 4.78 is 37.2. The van der Waals surface area contributed by atoms with Gasteiger partial charge in [-0.15, -0.1) is 0 Å². The van der Waals surface area contributed by atoms with Gasteiger partial charge in [0.1, 0.15) is 11.5 Å². The van der Waals surface area contributed by atoms with Crippen molar-refractivity contribution < 1.29 is 22.7 Å². The van der Waals surface area contributed by atoms with Crippen LogP contribution in [0.3, 0.4) is 0 Å². The summed E-state index contributed by atoms with van der Waals surface area (Å²) in [4.78, 5) is 12.8. The lowest BCUT2D eigenvalue weighted by atomic mass is 10.0. The van der Waals surface area contributed by atoms with E-state index in [0.717, 1.165) is 6.26 Å². The van der Waals surface area contributed by atoms with Gasteiger partial charge in [0.05, 0.1) is 25.1 Å². The molecule has 0 fully saturated rings. The molecule has 1 unspecified atom stereocenters. The summed E-state index contributed by atoms with van der Waals surface area (Å²) in [7, 11) is -2.00. The Morgan fingerprint density at radius 3 is 2.19 bits per heavy atom. The van der Waals surface area contributed by atoms with Crippen LogP contribution in [0, 0.1) is 0 Å². The number of hydrogen-bond acceptors (Lipinski definition) is 5. The maximum atomic E-state index is 12.8. The van der Waals surface area contributed by atoms with Crippen molar-refractivity contribution in [3.63, 3.8) is 0 Å². The fourth-order valence-corrected chi connectivity index (χ4v) is 3.72. The van der Waals surface area contributed by atoms with E-state index in [2.05, 4.69) is 10.0 Å². The molecule has 0 saturated heterocycles. The number of methoxy groups -OCH3 is 1. The van der Waals surface area contributed by atoms with Gasteiger partial charge in [0, 0.05) is 6.42 Å². The zero-order valence-electron chi connectivity index (χ0n) is 17.2. The number of sulfonamides is 1. The first-order valence-electron chi connectivity index (χ1n) is 9.57. The van der Waals surface area contributed by atoms with Gasteiger partial charge in [0.25, 0.3) is 0 Å². The fraction of sp³-hybridized carbons (Fsp3) is 0.174. The van der Waals surface area contributed by atoms with E-state index in [1.54, 1.807) is 55.6 Å². The number of para-hydroxylation sites is 3. The molecule has 0 aliphatic carbocycles. The van der Waals surface area contributed by atoms with Crippen LogP contribution in [0.2, 0.25) is 0 Å². The van der Waals surface area contributed by atoms with Crippen LogP contribution in [-0.2, 0) is 14.8 Å². The van der Waals surface area contributed by atoms with Crippen molar-refractivity contribution in [1.82, 2.24) is 4.72 Å². The molecular formula is C23H24N2O5S. The largest absolute Gasteiger partial charge is 0.497 e. The molecular weight excluding hydrogens is 416 g/mol. The molecule has 0 aromatic heterocycles. The second-order valence-electron chi connectivity index (χ2n) is 6.88. The molecule has 162 valence electrons. The van der Waals surface area contributed by atoms with E-state index in [1.807, 2.05) is 30.3 Å². The van der Waals surface area contributed by atoms with Crippen LogP contribution in [0.5, 0.6) is 17.2 Å². The number of hydrogen-bond donors (Lipinski definition) is 2. The van der Waals surface area contributed by atoms with Gasteiger partial charge in [0.2, 0.25) is 15.9 Å². The summed E-state index contributed by atoms with van der Waals surface area (Å²) in [6.45, 7) is 0. The number of carbonyl (C=O) groups excluding carboxylic acids is 1. The molecule has 8 heteroatoms. The lowest BCUT2D eigenvalue weighted by Crippen LogP contribution is -2.30. The topological polar surface area (TPSA) is 93.7 Å². The lowest BCUT2D eigenvalue weighted by molar-refractivity contribution is -0.116. The number of ether oxygens (including phenoxy) is 2. The number of anilines is 1. The Balaban J connectivity index is 1.76. The van der Waals surface area contributed by atoms with Crippen LogP contribution in [0.15, 0.2) is 78.9 Å². The lowest BCUT2D eigenvalue weighted by Gasteiger charge is -2.19. The first kappa shape index (κ1) is 22.3. The molecule has 0 saturated carbocycles. The molecule has 31 heavy (non-hydrogen) atoms. The first-order chi connectivity index (χ1) is 14.8. The van der Waals surface area contributed by atoms with Crippen LogP contribution in [0.1, 0.15) is 18.0 Å². The van der Waals surface area contributed by atoms with Gasteiger partial charge in [0.15, 0.2) is 5.75 Å². The third kappa shape index (κ3) is 6.84. The molecule has 3 aromatic rings. The highest BCUT2D eigenvalue weighted by atomic mass is 32.2. The second kappa shape index (κ2) is 10.1. The summed E-state index contributed by atoms with van der Waals surface area (Å²) in [5.74, 6) is 1.40. The third-order valence-corrected chi connectivity index (χ3v) is 5.11. The highest BCUT2D eigenvalue weighted by molar-refractivity contribution is 7.88. The maximum Gasteiger partial charge on any atom is 0.226 e. The summed E-state index contributed by atoms with van der Waals surface area (Å²) >= 11 is 0. The van der Waals surface area contributed by atoms with Gasteiger partial charge in [-0.1, -0.05) is 42.5 Å². The van der Waals surface area contributed by atoms with Gasteiger partial charge < -0.3 is 14.8 Å². The number of rotatable bonds is 9. The Labute approximate surface area is 182 Å². The first-order valence-corrected chi connectivity index (χ1v) is 11.5. The minimum absolute atomic E-state index is 0.0981.